The topological polar surface area (TPSA) is 77.0 Å². The standard InChI is InChI=1S/C19H15N3O3/c1-22-17-16(18(23)21-19(22)24)15(11-7-9-12(25-2)10-8-11)13-5-3-4-6-14(13)20-17/h3-10H,1-2H3,(H,21,23,24). The number of aryl methyl sites for hydroxylation is 1. The van der Waals surface area contributed by atoms with Crippen molar-refractivity contribution in [1.29, 1.82) is 0 Å². The van der Waals surface area contributed by atoms with Crippen LogP contribution in [0.1, 0.15) is 0 Å². The van der Waals surface area contributed by atoms with Gasteiger partial charge in [-0.25, -0.2) is 9.78 Å². The number of fused-ring (bicyclic) bond motifs is 2. The summed E-state index contributed by atoms with van der Waals surface area (Å²) in [5, 5.41) is 1.25. The number of para-hydroxylation sites is 1. The lowest BCUT2D eigenvalue weighted by Crippen LogP contribution is -2.29. The van der Waals surface area contributed by atoms with Gasteiger partial charge in [0, 0.05) is 18.0 Å². The molecule has 0 unspecified atom stereocenters. The van der Waals surface area contributed by atoms with E-state index >= 15 is 0 Å². The lowest BCUT2D eigenvalue weighted by molar-refractivity contribution is 0.415. The Morgan fingerprint density at radius 3 is 2.48 bits per heavy atom. The van der Waals surface area contributed by atoms with Crippen LogP contribution in [0.2, 0.25) is 0 Å². The Hall–Kier alpha value is -3.41. The van der Waals surface area contributed by atoms with Gasteiger partial charge in [0.2, 0.25) is 0 Å². The second-order valence-corrected chi connectivity index (χ2v) is 5.75. The SMILES string of the molecule is COc1ccc(-c2c3ccccc3nc3c2c(=O)[nH]c(=O)n3C)cc1. The molecule has 0 amide bonds. The average Bonchev–Trinajstić information content (AvgIpc) is 2.64. The summed E-state index contributed by atoms with van der Waals surface area (Å²) in [6.07, 6.45) is 0. The van der Waals surface area contributed by atoms with Crippen molar-refractivity contribution in [3.63, 3.8) is 0 Å². The molecular formula is C19H15N3O3. The van der Waals surface area contributed by atoms with Gasteiger partial charge >= 0.3 is 5.69 Å². The molecule has 0 atom stereocenters. The number of H-pyrrole nitrogens is 1. The first-order valence-corrected chi connectivity index (χ1v) is 7.76. The van der Waals surface area contributed by atoms with Gasteiger partial charge in [-0.15, -0.1) is 0 Å². The van der Waals surface area contributed by atoms with E-state index in [-0.39, 0.29) is 0 Å². The second-order valence-electron chi connectivity index (χ2n) is 5.75. The zero-order chi connectivity index (χ0) is 17.6. The summed E-state index contributed by atoms with van der Waals surface area (Å²) in [4.78, 5) is 31.5. The minimum absolute atomic E-state index is 0.360. The van der Waals surface area contributed by atoms with Crippen LogP contribution in [0.4, 0.5) is 0 Å². The van der Waals surface area contributed by atoms with Gasteiger partial charge in [-0.05, 0) is 23.8 Å². The van der Waals surface area contributed by atoms with Crippen molar-refractivity contribution in [3.05, 3.63) is 69.4 Å². The molecular weight excluding hydrogens is 318 g/mol. The summed E-state index contributed by atoms with van der Waals surface area (Å²) < 4.78 is 6.57. The van der Waals surface area contributed by atoms with Crippen LogP contribution in [0.5, 0.6) is 5.75 Å². The van der Waals surface area contributed by atoms with Crippen LogP contribution in [-0.4, -0.2) is 21.6 Å². The fraction of sp³-hybridized carbons (Fsp3) is 0.105. The van der Waals surface area contributed by atoms with Crippen LogP contribution in [0.3, 0.4) is 0 Å². The van der Waals surface area contributed by atoms with Crippen molar-refractivity contribution in [3.8, 4) is 16.9 Å². The van der Waals surface area contributed by atoms with Crippen LogP contribution in [-0.2, 0) is 7.05 Å². The van der Waals surface area contributed by atoms with E-state index in [2.05, 4.69) is 9.97 Å². The quantitative estimate of drug-likeness (QED) is 0.572. The molecule has 0 fully saturated rings. The predicted molar refractivity (Wildman–Crippen MR) is 97.1 cm³/mol. The van der Waals surface area contributed by atoms with Gasteiger partial charge in [-0.1, -0.05) is 30.3 Å². The molecule has 0 aliphatic carbocycles. The van der Waals surface area contributed by atoms with E-state index in [0.717, 1.165) is 27.8 Å². The number of hydrogen-bond donors (Lipinski definition) is 1. The van der Waals surface area contributed by atoms with Crippen LogP contribution in [0.15, 0.2) is 58.1 Å². The highest BCUT2D eigenvalue weighted by molar-refractivity contribution is 6.08. The number of aromatic nitrogens is 3. The molecule has 0 aliphatic rings. The minimum Gasteiger partial charge on any atom is -0.497 e. The van der Waals surface area contributed by atoms with E-state index < -0.39 is 11.2 Å². The minimum atomic E-state index is -0.485. The third kappa shape index (κ3) is 2.30. The van der Waals surface area contributed by atoms with E-state index in [9.17, 15) is 9.59 Å². The molecule has 0 bridgehead atoms. The van der Waals surface area contributed by atoms with Gasteiger partial charge in [0.15, 0.2) is 5.65 Å². The lowest BCUT2D eigenvalue weighted by atomic mass is 9.98. The Balaban J connectivity index is 2.24. The van der Waals surface area contributed by atoms with Gasteiger partial charge in [0.25, 0.3) is 5.56 Å². The average molecular weight is 333 g/mol. The Labute approximate surface area is 142 Å². The highest BCUT2D eigenvalue weighted by Crippen LogP contribution is 2.33. The molecule has 0 aliphatic heterocycles. The van der Waals surface area contributed by atoms with Crippen molar-refractivity contribution in [2.75, 3.05) is 7.11 Å². The van der Waals surface area contributed by atoms with E-state index in [1.54, 1.807) is 14.2 Å². The van der Waals surface area contributed by atoms with Gasteiger partial charge in [-0.2, -0.15) is 0 Å². The summed E-state index contributed by atoms with van der Waals surface area (Å²) >= 11 is 0. The van der Waals surface area contributed by atoms with Gasteiger partial charge in [0.05, 0.1) is 18.0 Å². The number of hydrogen-bond acceptors (Lipinski definition) is 4. The molecule has 0 saturated heterocycles. The van der Waals surface area contributed by atoms with Crippen LogP contribution < -0.4 is 16.0 Å². The molecule has 0 spiro atoms. The largest absolute Gasteiger partial charge is 0.497 e. The maximum absolute atomic E-state index is 12.6. The van der Waals surface area contributed by atoms with Gasteiger partial charge in [-0.3, -0.25) is 14.3 Å². The van der Waals surface area contributed by atoms with E-state index in [0.29, 0.717) is 11.0 Å². The molecule has 6 heteroatoms. The number of nitrogens with one attached hydrogen (secondary N) is 1. The molecule has 0 radical (unpaired) electrons. The van der Waals surface area contributed by atoms with Gasteiger partial charge in [0.1, 0.15) is 5.75 Å². The Morgan fingerprint density at radius 2 is 1.76 bits per heavy atom. The third-order valence-corrected chi connectivity index (χ3v) is 4.32. The summed E-state index contributed by atoms with van der Waals surface area (Å²) in [6, 6.07) is 15.0. The summed E-state index contributed by atoms with van der Waals surface area (Å²) in [6.45, 7) is 0. The summed E-state index contributed by atoms with van der Waals surface area (Å²) in [7, 11) is 3.20. The zero-order valence-corrected chi connectivity index (χ0v) is 13.7. The molecule has 6 nitrogen and oxygen atoms in total. The van der Waals surface area contributed by atoms with E-state index in [4.69, 9.17) is 4.74 Å². The third-order valence-electron chi connectivity index (χ3n) is 4.32. The molecule has 4 aromatic rings. The van der Waals surface area contributed by atoms with Crippen molar-refractivity contribution >= 4 is 21.9 Å². The maximum Gasteiger partial charge on any atom is 0.329 e. The molecule has 0 saturated carbocycles. The van der Waals surface area contributed by atoms with Crippen molar-refractivity contribution in [2.45, 2.75) is 0 Å². The second kappa shape index (κ2) is 5.59. The van der Waals surface area contributed by atoms with Crippen LogP contribution >= 0.6 is 0 Å². The monoisotopic (exact) mass is 333 g/mol. The van der Waals surface area contributed by atoms with Crippen LogP contribution in [0.25, 0.3) is 33.1 Å². The number of nitrogens with zero attached hydrogens (tertiary/aromatic N) is 2. The molecule has 124 valence electrons. The molecule has 2 aromatic carbocycles. The normalized spacial score (nSPS) is 11.1. The number of aromatic amines is 1. The summed E-state index contributed by atoms with van der Waals surface area (Å²) in [5.41, 5.74) is 1.76. The maximum atomic E-state index is 12.6. The van der Waals surface area contributed by atoms with E-state index in [1.165, 1.54) is 4.57 Å². The fourth-order valence-corrected chi connectivity index (χ4v) is 3.05. The Bertz CT molecular complexity index is 1220. The molecule has 2 heterocycles. The Kier molecular flexibility index (Phi) is 3.39. The number of benzene rings is 2. The van der Waals surface area contributed by atoms with Crippen molar-refractivity contribution < 1.29 is 4.74 Å². The first kappa shape index (κ1) is 15.1. The first-order valence-electron chi connectivity index (χ1n) is 7.76. The first-order chi connectivity index (χ1) is 12.1. The molecule has 1 N–H and O–H groups in total. The predicted octanol–water partition coefficient (Wildman–Crippen LogP) is 2.45. The Morgan fingerprint density at radius 1 is 1.04 bits per heavy atom. The van der Waals surface area contributed by atoms with Crippen molar-refractivity contribution in [2.24, 2.45) is 7.05 Å². The lowest BCUT2D eigenvalue weighted by Gasteiger charge is -2.12. The highest BCUT2D eigenvalue weighted by atomic mass is 16.5. The zero-order valence-electron chi connectivity index (χ0n) is 13.7. The number of pyridine rings is 1. The smallest absolute Gasteiger partial charge is 0.329 e. The highest BCUT2D eigenvalue weighted by Gasteiger charge is 2.16. The summed E-state index contributed by atoms with van der Waals surface area (Å²) in [5.74, 6) is 0.729. The fourth-order valence-electron chi connectivity index (χ4n) is 3.05. The van der Waals surface area contributed by atoms with E-state index in [1.807, 2.05) is 48.5 Å². The molecule has 25 heavy (non-hydrogen) atoms. The number of methoxy groups -OCH3 is 1. The number of rotatable bonds is 2. The van der Waals surface area contributed by atoms with Crippen LogP contribution in [0, 0.1) is 0 Å². The van der Waals surface area contributed by atoms with Gasteiger partial charge < -0.3 is 4.74 Å². The number of ether oxygens (including phenoxy) is 1. The molecule has 4 rings (SSSR count). The van der Waals surface area contributed by atoms with Crippen molar-refractivity contribution in [1.82, 2.24) is 14.5 Å². The molecule has 2 aromatic heterocycles.